The molecule has 2 heterocycles. The molecule has 0 aliphatic heterocycles. The summed E-state index contributed by atoms with van der Waals surface area (Å²) in [4.78, 5) is 40.2. The highest BCUT2D eigenvalue weighted by atomic mass is 16.4. The number of aryl methyl sites for hydroxylation is 1. The van der Waals surface area contributed by atoms with Gasteiger partial charge >= 0.3 is 11.7 Å². The highest BCUT2D eigenvalue weighted by Crippen LogP contribution is 2.16. The topological polar surface area (TPSA) is 99.1 Å². The van der Waals surface area contributed by atoms with Crippen molar-refractivity contribution in [2.24, 2.45) is 7.05 Å². The zero-order valence-electron chi connectivity index (χ0n) is 13.2. The van der Waals surface area contributed by atoms with Crippen LogP contribution in [0.15, 0.2) is 9.59 Å². The molecular weight excluding hydrogens is 288 g/mol. The highest BCUT2D eigenvalue weighted by Gasteiger charge is 2.22. The molecule has 0 aliphatic rings. The first-order chi connectivity index (χ1) is 10.3. The molecule has 22 heavy (non-hydrogen) atoms. The van der Waals surface area contributed by atoms with Crippen LogP contribution in [0.2, 0.25) is 0 Å². The Bertz CT molecular complexity index is 843. The summed E-state index contributed by atoms with van der Waals surface area (Å²) in [6.07, 6.45) is 0.396. The standard InChI is InChI=1S/C14H20N4O4/c1-5-8(3)18-12-11(13(21)17(6-2)14(18)22)16(4)9(15-12)7-10(19)20/h8H,5-7H2,1-4H3,(H,19,20). The van der Waals surface area contributed by atoms with Gasteiger partial charge in [0.25, 0.3) is 5.56 Å². The number of hydrogen-bond acceptors (Lipinski definition) is 4. The summed E-state index contributed by atoms with van der Waals surface area (Å²) in [6.45, 7) is 5.79. The van der Waals surface area contributed by atoms with Gasteiger partial charge in [-0.25, -0.2) is 9.78 Å². The van der Waals surface area contributed by atoms with Crippen LogP contribution in [0.1, 0.15) is 39.1 Å². The van der Waals surface area contributed by atoms with E-state index in [1.54, 1.807) is 14.0 Å². The third kappa shape index (κ3) is 2.34. The fraction of sp³-hybridized carbons (Fsp3) is 0.571. The van der Waals surface area contributed by atoms with Crippen molar-refractivity contribution in [2.45, 2.75) is 46.2 Å². The largest absolute Gasteiger partial charge is 0.481 e. The molecule has 2 aromatic heterocycles. The SMILES string of the molecule is CCC(C)n1c(=O)n(CC)c(=O)c2c1nc(CC(=O)O)n2C. The fourth-order valence-corrected chi connectivity index (χ4v) is 2.52. The maximum absolute atomic E-state index is 12.5. The fourth-order valence-electron chi connectivity index (χ4n) is 2.52. The number of rotatable bonds is 5. The molecule has 0 amide bonds. The van der Waals surface area contributed by atoms with E-state index in [0.29, 0.717) is 6.42 Å². The van der Waals surface area contributed by atoms with Gasteiger partial charge in [-0.1, -0.05) is 6.92 Å². The molecule has 0 saturated carbocycles. The third-order valence-corrected chi connectivity index (χ3v) is 3.94. The Kier molecular flexibility index (Phi) is 4.20. The average molecular weight is 308 g/mol. The number of hydrogen-bond donors (Lipinski definition) is 1. The number of nitrogens with zero attached hydrogens (tertiary/aromatic N) is 4. The van der Waals surface area contributed by atoms with Crippen molar-refractivity contribution in [2.75, 3.05) is 0 Å². The van der Waals surface area contributed by atoms with Gasteiger partial charge in [0.15, 0.2) is 11.2 Å². The lowest BCUT2D eigenvalue weighted by atomic mass is 10.2. The molecule has 0 aliphatic carbocycles. The Morgan fingerprint density at radius 3 is 2.45 bits per heavy atom. The molecule has 0 saturated heterocycles. The summed E-state index contributed by atoms with van der Waals surface area (Å²) in [5.41, 5.74) is -0.325. The molecule has 0 aromatic carbocycles. The van der Waals surface area contributed by atoms with Gasteiger partial charge in [0.05, 0.1) is 0 Å². The second-order valence-corrected chi connectivity index (χ2v) is 5.29. The Morgan fingerprint density at radius 1 is 1.32 bits per heavy atom. The van der Waals surface area contributed by atoms with Crippen LogP contribution in [0.4, 0.5) is 0 Å². The smallest absolute Gasteiger partial charge is 0.332 e. The molecule has 0 fully saturated rings. The van der Waals surface area contributed by atoms with Crippen LogP contribution < -0.4 is 11.2 Å². The first-order valence-electron chi connectivity index (χ1n) is 7.25. The van der Waals surface area contributed by atoms with Crippen molar-refractivity contribution in [3.8, 4) is 0 Å². The zero-order valence-corrected chi connectivity index (χ0v) is 13.2. The number of aliphatic carboxylic acids is 1. The lowest BCUT2D eigenvalue weighted by molar-refractivity contribution is -0.136. The van der Waals surface area contributed by atoms with Crippen LogP contribution in [0.3, 0.4) is 0 Å². The van der Waals surface area contributed by atoms with E-state index >= 15 is 0 Å². The molecular formula is C14H20N4O4. The van der Waals surface area contributed by atoms with Gasteiger partial charge in [-0.15, -0.1) is 0 Å². The van der Waals surface area contributed by atoms with E-state index in [-0.39, 0.29) is 36.0 Å². The van der Waals surface area contributed by atoms with Crippen LogP contribution in [-0.2, 0) is 24.8 Å². The van der Waals surface area contributed by atoms with Crippen LogP contribution in [0.25, 0.3) is 11.2 Å². The van der Waals surface area contributed by atoms with Gasteiger partial charge in [0.2, 0.25) is 0 Å². The predicted molar refractivity (Wildman–Crippen MR) is 81.2 cm³/mol. The average Bonchev–Trinajstić information content (AvgIpc) is 2.75. The van der Waals surface area contributed by atoms with E-state index in [2.05, 4.69) is 4.98 Å². The molecule has 1 unspecified atom stereocenters. The van der Waals surface area contributed by atoms with Gasteiger partial charge in [0.1, 0.15) is 12.2 Å². The number of carboxylic acid groups (broad SMARTS) is 1. The zero-order chi connectivity index (χ0) is 16.6. The van der Waals surface area contributed by atoms with E-state index in [0.717, 1.165) is 4.57 Å². The summed E-state index contributed by atoms with van der Waals surface area (Å²) < 4.78 is 4.10. The van der Waals surface area contributed by atoms with E-state index in [9.17, 15) is 14.4 Å². The van der Waals surface area contributed by atoms with Gasteiger partial charge < -0.3 is 9.67 Å². The Morgan fingerprint density at radius 2 is 1.95 bits per heavy atom. The summed E-state index contributed by atoms with van der Waals surface area (Å²) >= 11 is 0. The summed E-state index contributed by atoms with van der Waals surface area (Å²) in [7, 11) is 1.60. The molecule has 8 heteroatoms. The lowest BCUT2D eigenvalue weighted by Crippen LogP contribution is -2.41. The molecule has 1 N–H and O–H groups in total. The van der Waals surface area contributed by atoms with E-state index in [4.69, 9.17) is 5.11 Å². The Balaban J connectivity index is 2.96. The lowest BCUT2D eigenvalue weighted by Gasteiger charge is -2.15. The number of carboxylic acids is 1. The number of carbonyl (C=O) groups is 1. The van der Waals surface area contributed by atoms with Crippen LogP contribution in [0, 0.1) is 0 Å². The minimum atomic E-state index is -1.04. The minimum absolute atomic E-state index is 0.138. The van der Waals surface area contributed by atoms with Crippen molar-refractivity contribution in [3.63, 3.8) is 0 Å². The van der Waals surface area contributed by atoms with Gasteiger partial charge in [-0.05, 0) is 20.3 Å². The summed E-state index contributed by atoms with van der Waals surface area (Å²) in [5, 5.41) is 8.96. The Hall–Kier alpha value is -2.38. The van der Waals surface area contributed by atoms with Gasteiger partial charge in [-0.3, -0.25) is 18.7 Å². The quantitative estimate of drug-likeness (QED) is 0.868. The molecule has 120 valence electrons. The summed E-state index contributed by atoms with van der Waals surface area (Å²) in [5.74, 6) is -0.781. The maximum Gasteiger partial charge on any atom is 0.332 e. The molecule has 8 nitrogen and oxygen atoms in total. The van der Waals surface area contributed by atoms with Gasteiger partial charge in [0, 0.05) is 19.6 Å². The van der Waals surface area contributed by atoms with Crippen molar-refractivity contribution < 1.29 is 9.90 Å². The second kappa shape index (κ2) is 5.78. The normalized spacial score (nSPS) is 12.7. The van der Waals surface area contributed by atoms with Gasteiger partial charge in [-0.2, -0.15) is 0 Å². The predicted octanol–water partition coefficient (Wildman–Crippen LogP) is 0.515. The number of aromatic nitrogens is 4. The molecule has 0 spiro atoms. The first-order valence-corrected chi connectivity index (χ1v) is 7.25. The summed E-state index contributed by atoms with van der Waals surface area (Å²) in [6, 6.07) is -0.138. The number of imidazole rings is 1. The monoisotopic (exact) mass is 308 g/mol. The molecule has 0 radical (unpaired) electrons. The minimum Gasteiger partial charge on any atom is -0.481 e. The van der Waals surface area contributed by atoms with Crippen LogP contribution >= 0.6 is 0 Å². The molecule has 2 rings (SSSR count). The van der Waals surface area contributed by atoms with Crippen molar-refractivity contribution in [1.82, 2.24) is 18.7 Å². The maximum atomic E-state index is 12.5. The van der Waals surface area contributed by atoms with Crippen molar-refractivity contribution >= 4 is 17.1 Å². The third-order valence-electron chi connectivity index (χ3n) is 3.94. The van der Waals surface area contributed by atoms with Crippen LogP contribution in [-0.4, -0.2) is 29.8 Å². The van der Waals surface area contributed by atoms with Crippen molar-refractivity contribution in [3.05, 3.63) is 26.7 Å². The van der Waals surface area contributed by atoms with Crippen molar-refractivity contribution in [1.29, 1.82) is 0 Å². The van der Waals surface area contributed by atoms with E-state index < -0.39 is 17.2 Å². The van der Waals surface area contributed by atoms with E-state index in [1.165, 1.54) is 9.13 Å². The first kappa shape index (κ1) is 16.0. The van der Waals surface area contributed by atoms with E-state index in [1.807, 2.05) is 13.8 Å². The molecule has 2 aromatic rings. The Labute approximate surface area is 126 Å². The second-order valence-electron chi connectivity index (χ2n) is 5.29. The van der Waals surface area contributed by atoms with Crippen LogP contribution in [0.5, 0.6) is 0 Å². The highest BCUT2D eigenvalue weighted by molar-refractivity contribution is 5.74. The molecule has 0 bridgehead atoms. The number of fused-ring (bicyclic) bond motifs is 1. The molecule has 1 atom stereocenters.